The summed E-state index contributed by atoms with van der Waals surface area (Å²) in [5.74, 6) is -2.16. The molecule has 0 heterocycles. The molecule has 2 N–H and O–H groups in total. The minimum Gasteiger partial charge on any atom is -0.507 e. The van der Waals surface area contributed by atoms with Crippen molar-refractivity contribution in [3.63, 3.8) is 0 Å². The highest BCUT2D eigenvalue weighted by Gasteiger charge is 2.37. The lowest BCUT2D eigenvalue weighted by atomic mass is 9.80. The van der Waals surface area contributed by atoms with E-state index in [0.29, 0.717) is 5.56 Å². The molecule has 140 valence electrons. The highest BCUT2D eigenvalue weighted by atomic mass is 16.5. The van der Waals surface area contributed by atoms with E-state index < -0.39 is 17.3 Å². The van der Waals surface area contributed by atoms with Crippen LogP contribution in [0.15, 0.2) is 18.2 Å². The molecule has 1 aliphatic carbocycles. The molecule has 0 unspecified atom stereocenters. The van der Waals surface area contributed by atoms with Crippen molar-refractivity contribution in [3.8, 4) is 17.2 Å². The van der Waals surface area contributed by atoms with Crippen LogP contribution in [0.1, 0.15) is 56.8 Å². The summed E-state index contributed by atoms with van der Waals surface area (Å²) in [4.78, 5) is 38.1. The van der Waals surface area contributed by atoms with E-state index in [2.05, 4.69) is 0 Å². The van der Waals surface area contributed by atoms with E-state index in [1.165, 1.54) is 25.3 Å². The van der Waals surface area contributed by atoms with Gasteiger partial charge in [-0.05, 0) is 30.7 Å². The molecular weight excluding hydrogens is 348 g/mol. The van der Waals surface area contributed by atoms with Gasteiger partial charge in [0.15, 0.2) is 5.78 Å². The molecule has 3 rings (SSSR count). The molecule has 0 amide bonds. The maximum Gasteiger partial charge on any atom is 0.201 e. The van der Waals surface area contributed by atoms with Crippen molar-refractivity contribution in [3.05, 3.63) is 51.6 Å². The second-order valence-corrected chi connectivity index (χ2v) is 6.99. The van der Waals surface area contributed by atoms with Crippen molar-refractivity contribution in [1.82, 2.24) is 0 Å². The van der Waals surface area contributed by atoms with Gasteiger partial charge in [0.25, 0.3) is 0 Å². The highest BCUT2D eigenvalue weighted by Crippen LogP contribution is 2.42. The number of hydrogen-bond donors (Lipinski definition) is 2. The number of aromatic hydroxyl groups is 2. The summed E-state index contributed by atoms with van der Waals surface area (Å²) < 4.78 is 5.27. The van der Waals surface area contributed by atoms with Crippen LogP contribution in [0.25, 0.3) is 0 Å². The van der Waals surface area contributed by atoms with Crippen LogP contribution in [0.5, 0.6) is 17.2 Å². The lowest BCUT2D eigenvalue weighted by molar-refractivity contribution is -0.121. The maximum atomic E-state index is 13.0. The van der Waals surface area contributed by atoms with Gasteiger partial charge in [0.2, 0.25) is 5.78 Å². The van der Waals surface area contributed by atoms with Gasteiger partial charge in [-0.1, -0.05) is 13.8 Å². The summed E-state index contributed by atoms with van der Waals surface area (Å²) in [6.45, 7) is 5.16. The van der Waals surface area contributed by atoms with Crippen LogP contribution in [0.4, 0.5) is 0 Å². The molecular formula is C21H20O6. The second-order valence-electron chi connectivity index (χ2n) is 6.99. The number of ketones is 3. The van der Waals surface area contributed by atoms with Crippen molar-refractivity contribution < 1.29 is 29.3 Å². The first-order valence-electron chi connectivity index (χ1n) is 8.55. The molecule has 0 bridgehead atoms. The predicted molar refractivity (Wildman–Crippen MR) is 97.9 cm³/mol. The minimum absolute atomic E-state index is 0.00686. The molecule has 0 aliphatic heterocycles. The fourth-order valence-electron chi connectivity index (χ4n) is 3.28. The van der Waals surface area contributed by atoms with Gasteiger partial charge in [0, 0.05) is 29.0 Å². The molecule has 0 fully saturated rings. The number of aryl methyl sites for hydroxylation is 1. The lowest BCUT2D eigenvalue weighted by Crippen LogP contribution is -2.23. The minimum atomic E-state index is -0.657. The summed E-state index contributed by atoms with van der Waals surface area (Å²) in [6, 6.07) is 4.29. The first kappa shape index (κ1) is 18.6. The Labute approximate surface area is 156 Å². The highest BCUT2D eigenvalue weighted by molar-refractivity contribution is 6.30. The van der Waals surface area contributed by atoms with Crippen molar-refractivity contribution in [2.24, 2.45) is 5.92 Å². The van der Waals surface area contributed by atoms with Gasteiger partial charge in [-0.25, -0.2) is 0 Å². The topological polar surface area (TPSA) is 101 Å². The molecule has 2 aromatic carbocycles. The lowest BCUT2D eigenvalue weighted by Gasteiger charge is -2.23. The van der Waals surface area contributed by atoms with Gasteiger partial charge in [0.05, 0.1) is 18.2 Å². The summed E-state index contributed by atoms with van der Waals surface area (Å²) in [7, 11) is 1.36. The smallest absolute Gasteiger partial charge is 0.201 e. The molecule has 27 heavy (non-hydrogen) atoms. The normalized spacial score (nSPS) is 12.8. The zero-order chi connectivity index (χ0) is 20.0. The second kappa shape index (κ2) is 6.54. The van der Waals surface area contributed by atoms with Crippen molar-refractivity contribution in [2.45, 2.75) is 27.2 Å². The third-order valence-electron chi connectivity index (χ3n) is 4.78. The average molecular weight is 368 g/mol. The summed E-state index contributed by atoms with van der Waals surface area (Å²) >= 11 is 0. The number of carbonyl (C=O) groups is 3. The van der Waals surface area contributed by atoms with Gasteiger partial charge in [-0.15, -0.1) is 0 Å². The average Bonchev–Trinajstić information content (AvgIpc) is 2.60. The zero-order valence-electron chi connectivity index (χ0n) is 15.5. The molecule has 0 aromatic heterocycles. The first-order chi connectivity index (χ1) is 12.7. The molecule has 6 nitrogen and oxygen atoms in total. The van der Waals surface area contributed by atoms with Crippen molar-refractivity contribution in [1.29, 1.82) is 0 Å². The molecule has 2 aromatic rings. The third kappa shape index (κ3) is 2.87. The number of benzene rings is 2. The van der Waals surface area contributed by atoms with Gasteiger partial charge < -0.3 is 14.9 Å². The number of ether oxygens (including phenoxy) is 1. The van der Waals surface area contributed by atoms with Crippen molar-refractivity contribution in [2.75, 3.05) is 7.11 Å². The number of Topliss-reactive ketones (excluding diaryl/α,β-unsaturated/α-hetero) is 1. The van der Waals surface area contributed by atoms with Gasteiger partial charge in [-0.3, -0.25) is 14.4 Å². The van der Waals surface area contributed by atoms with Gasteiger partial charge >= 0.3 is 0 Å². The van der Waals surface area contributed by atoms with Gasteiger partial charge in [0.1, 0.15) is 23.0 Å². The van der Waals surface area contributed by atoms with E-state index >= 15 is 0 Å². The number of hydrogen-bond acceptors (Lipinski definition) is 6. The number of fused-ring (bicyclic) bond motifs is 2. The van der Waals surface area contributed by atoms with E-state index in [9.17, 15) is 24.6 Å². The summed E-state index contributed by atoms with van der Waals surface area (Å²) in [5, 5.41) is 20.9. The molecule has 0 saturated heterocycles. The van der Waals surface area contributed by atoms with E-state index in [-0.39, 0.29) is 57.4 Å². The Kier molecular flexibility index (Phi) is 4.51. The van der Waals surface area contributed by atoms with E-state index in [4.69, 9.17) is 4.74 Å². The third-order valence-corrected chi connectivity index (χ3v) is 4.78. The Hall–Kier alpha value is -3.15. The number of methoxy groups -OCH3 is 1. The van der Waals surface area contributed by atoms with Crippen LogP contribution in [-0.4, -0.2) is 34.7 Å². The Bertz CT molecular complexity index is 1000. The van der Waals surface area contributed by atoms with Crippen LogP contribution in [-0.2, 0) is 11.2 Å². The van der Waals surface area contributed by atoms with Crippen LogP contribution < -0.4 is 4.74 Å². The Morgan fingerprint density at radius 1 is 1.04 bits per heavy atom. The molecule has 0 spiro atoms. The molecule has 0 radical (unpaired) electrons. The Morgan fingerprint density at radius 2 is 1.67 bits per heavy atom. The monoisotopic (exact) mass is 368 g/mol. The predicted octanol–water partition coefficient (Wildman–Crippen LogP) is 2.96. The largest absolute Gasteiger partial charge is 0.507 e. The number of phenolic OH excluding ortho intramolecular Hbond substituents is 2. The first-order valence-corrected chi connectivity index (χ1v) is 8.55. The fraction of sp³-hybridized carbons (Fsp3) is 0.286. The van der Waals surface area contributed by atoms with Crippen LogP contribution >= 0.6 is 0 Å². The number of carbonyl (C=O) groups excluding carboxylic acids is 3. The standard InChI is InChI=1S/C21H20O6/c1-9(2)14(22)7-11-16(27-4)8-13-18(20(11)25)21(26)17-12(19(13)24)5-10(3)6-15(17)23/h5-6,8-9,23,25H,7H2,1-4H3. The Morgan fingerprint density at radius 3 is 2.26 bits per heavy atom. The molecule has 0 saturated carbocycles. The number of rotatable bonds is 4. The van der Waals surface area contributed by atoms with E-state index in [0.717, 1.165) is 0 Å². The van der Waals surface area contributed by atoms with Gasteiger partial charge in [-0.2, -0.15) is 0 Å². The van der Waals surface area contributed by atoms with Crippen molar-refractivity contribution >= 4 is 17.3 Å². The quantitative estimate of drug-likeness (QED) is 0.734. The Balaban J connectivity index is 2.27. The fourth-order valence-corrected chi connectivity index (χ4v) is 3.28. The molecule has 1 aliphatic rings. The van der Waals surface area contributed by atoms with Crippen LogP contribution in [0.2, 0.25) is 0 Å². The zero-order valence-corrected chi connectivity index (χ0v) is 15.5. The van der Waals surface area contributed by atoms with E-state index in [1.807, 2.05) is 0 Å². The number of phenols is 2. The van der Waals surface area contributed by atoms with E-state index in [1.54, 1.807) is 20.8 Å². The SMILES string of the molecule is COc1cc2c(c(O)c1CC(=O)C(C)C)C(=O)c1c(O)cc(C)cc1C2=O. The molecule has 6 heteroatoms. The summed E-state index contributed by atoms with van der Waals surface area (Å²) in [6.07, 6.45) is -0.131. The molecule has 0 atom stereocenters. The summed E-state index contributed by atoms with van der Waals surface area (Å²) in [5.41, 5.74) is 0.515. The van der Waals surface area contributed by atoms with Crippen LogP contribution in [0.3, 0.4) is 0 Å². The van der Waals surface area contributed by atoms with Crippen LogP contribution in [0, 0.1) is 12.8 Å². The maximum absolute atomic E-state index is 13.0.